The first-order valence-corrected chi connectivity index (χ1v) is 7.64. The maximum Gasteiger partial charge on any atom is 0.267 e. The third kappa shape index (κ3) is 2.98. The highest BCUT2D eigenvalue weighted by Gasteiger charge is 2.26. The second kappa shape index (κ2) is 6.43. The summed E-state index contributed by atoms with van der Waals surface area (Å²) in [5.41, 5.74) is 0. The van der Waals surface area contributed by atoms with Crippen LogP contribution in [0, 0.1) is 5.92 Å². The van der Waals surface area contributed by atoms with E-state index in [1.165, 1.54) is 17.8 Å². The number of carbonyl (C=O) groups is 1. The quantitative estimate of drug-likeness (QED) is 0.796. The Morgan fingerprint density at radius 1 is 1.67 bits per heavy atom. The number of methoxy groups -OCH3 is 1. The van der Waals surface area contributed by atoms with Crippen molar-refractivity contribution in [3.05, 3.63) is 16.3 Å². The van der Waals surface area contributed by atoms with Gasteiger partial charge in [-0.3, -0.25) is 4.79 Å². The van der Waals surface area contributed by atoms with Gasteiger partial charge in [-0.1, -0.05) is 0 Å². The fourth-order valence-corrected chi connectivity index (χ4v) is 3.53. The Labute approximate surface area is 117 Å². The van der Waals surface area contributed by atoms with Gasteiger partial charge < -0.3 is 9.64 Å². The molecule has 0 bridgehead atoms. The maximum atomic E-state index is 12.4. The number of likely N-dealkylation sites (tertiary alicyclic amines) is 1. The molecule has 18 heavy (non-hydrogen) atoms. The predicted molar refractivity (Wildman–Crippen MR) is 74.8 cm³/mol. The average Bonchev–Trinajstić information content (AvgIpc) is 2.87. The third-order valence-corrected chi connectivity index (χ3v) is 4.47. The molecule has 1 saturated heterocycles. The van der Waals surface area contributed by atoms with Gasteiger partial charge in [0, 0.05) is 19.0 Å². The molecule has 5 heteroatoms. The molecule has 1 atom stereocenters. The Morgan fingerprint density at radius 3 is 3.22 bits per heavy atom. The van der Waals surface area contributed by atoms with Crippen LogP contribution in [0.4, 0.5) is 0 Å². The minimum absolute atomic E-state index is 0.0983. The lowest BCUT2D eigenvalue weighted by Gasteiger charge is -2.32. The van der Waals surface area contributed by atoms with Crippen LogP contribution in [0.3, 0.4) is 0 Å². The van der Waals surface area contributed by atoms with Crippen LogP contribution in [-0.2, 0) is 0 Å². The minimum atomic E-state index is 0.0983. The fraction of sp³-hybridized carbons (Fsp3) is 0.615. The number of hydrogen-bond acceptors (Lipinski definition) is 3. The van der Waals surface area contributed by atoms with Crippen molar-refractivity contribution in [2.45, 2.75) is 19.3 Å². The minimum Gasteiger partial charge on any atom is -0.495 e. The zero-order valence-electron chi connectivity index (χ0n) is 10.5. The zero-order valence-corrected chi connectivity index (χ0v) is 12.1. The van der Waals surface area contributed by atoms with E-state index in [1.54, 1.807) is 7.11 Å². The molecule has 2 heterocycles. The Hall–Kier alpha value is -0.740. The van der Waals surface area contributed by atoms with Gasteiger partial charge in [-0.05, 0) is 36.6 Å². The van der Waals surface area contributed by atoms with Crippen molar-refractivity contribution in [2.24, 2.45) is 5.92 Å². The lowest BCUT2D eigenvalue weighted by Crippen LogP contribution is -2.39. The second-order valence-corrected chi connectivity index (χ2v) is 5.85. The van der Waals surface area contributed by atoms with E-state index in [9.17, 15) is 4.79 Å². The molecule has 3 nitrogen and oxygen atoms in total. The van der Waals surface area contributed by atoms with Crippen LogP contribution in [-0.4, -0.2) is 36.9 Å². The molecule has 1 fully saturated rings. The number of amides is 1. The molecule has 2 rings (SSSR count). The summed E-state index contributed by atoms with van der Waals surface area (Å²) in [4.78, 5) is 15.1. The molecule has 0 saturated carbocycles. The van der Waals surface area contributed by atoms with Gasteiger partial charge in [-0.15, -0.1) is 22.9 Å². The molecule has 1 unspecified atom stereocenters. The molecule has 1 aliphatic rings. The molecule has 1 aromatic rings. The third-order valence-electron chi connectivity index (χ3n) is 3.37. The highest BCUT2D eigenvalue weighted by Crippen LogP contribution is 2.28. The Kier molecular flexibility index (Phi) is 4.89. The van der Waals surface area contributed by atoms with E-state index >= 15 is 0 Å². The average molecular weight is 288 g/mol. The van der Waals surface area contributed by atoms with Crippen LogP contribution in [0.1, 0.15) is 28.9 Å². The maximum absolute atomic E-state index is 12.4. The van der Waals surface area contributed by atoms with Crippen LogP contribution in [0.2, 0.25) is 0 Å². The number of alkyl halides is 1. The Morgan fingerprint density at radius 2 is 2.50 bits per heavy atom. The summed E-state index contributed by atoms with van der Waals surface area (Å²) in [5, 5.41) is 1.90. The summed E-state index contributed by atoms with van der Waals surface area (Å²) in [6.45, 7) is 1.67. The first-order valence-electron chi connectivity index (χ1n) is 6.23. The van der Waals surface area contributed by atoms with Gasteiger partial charge in [-0.25, -0.2) is 0 Å². The van der Waals surface area contributed by atoms with E-state index in [2.05, 4.69) is 0 Å². The van der Waals surface area contributed by atoms with Crippen LogP contribution in [0.15, 0.2) is 11.4 Å². The summed E-state index contributed by atoms with van der Waals surface area (Å²) in [7, 11) is 1.60. The van der Waals surface area contributed by atoms with Gasteiger partial charge in [-0.2, -0.15) is 0 Å². The highest BCUT2D eigenvalue weighted by molar-refractivity contribution is 7.12. The van der Waals surface area contributed by atoms with Gasteiger partial charge in [0.05, 0.1) is 7.11 Å². The van der Waals surface area contributed by atoms with Crippen LogP contribution in [0.25, 0.3) is 0 Å². The molecule has 1 amide bonds. The zero-order chi connectivity index (χ0) is 13.0. The Balaban J connectivity index is 2.04. The summed E-state index contributed by atoms with van der Waals surface area (Å²) in [6, 6.07) is 1.85. The normalized spacial score (nSPS) is 19.9. The molecule has 0 spiro atoms. The van der Waals surface area contributed by atoms with E-state index < -0.39 is 0 Å². The van der Waals surface area contributed by atoms with Crippen LogP contribution >= 0.6 is 22.9 Å². The van der Waals surface area contributed by atoms with E-state index in [0.29, 0.717) is 22.4 Å². The van der Waals surface area contributed by atoms with Crippen molar-refractivity contribution in [1.29, 1.82) is 0 Å². The van der Waals surface area contributed by atoms with Crippen LogP contribution in [0.5, 0.6) is 5.75 Å². The molecule has 100 valence electrons. The number of thiophene rings is 1. The van der Waals surface area contributed by atoms with Crippen molar-refractivity contribution in [3.63, 3.8) is 0 Å². The number of nitrogens with zero attached hydrogens (tertiary/aromatic N) is 1. The largest absolute Gasteiger partial charge is 0.495 e. The summed E-state index contributed by atoms with van der Waals surface area (Å²) in [6.07, 6.45) is 3.24. The number of hydrogen-bond donors (Lipinski definition) is 0. The second-order valence-electron chi connectivity index (χ2n) is 4.56. The molecule has 0 aliphatic carbocycles. The molecule has 0 radical (unpaired) electrons. The summed E-state index contributed by atoms with van der Waals surface area (Å²) >= 11 is 7.24. The van der Waals surface area contributed by atoms with Crippen molar-refractivity contribution in [1.82, 2.24) is 4.90 Å². The van der Waals surface area contributed by atoms with Crippen molar-refractivity contribution in [3.8, 4) is 5.75 Å². The lowest BCUT2D eigenvalue weighted by molar-refractivity contribution is 0.0673. The van der Waals surface area contributed by atoms with Gasteiger partial charge in [0.1, 0.15) is 10.6 Å². The molecular weight excluding hydrogens is 270 g/mol. The fourth-order valence-electron chi connectivity index (χ4n) is 2.40. The summed E-state index contributed by atoms with van der Waals surface area (Å²) < 4.78 is 5.21. The van der Waals surface area contributed by atoms with E-state index in [0.717, 1.165) is 25.9 Å². The topological polar surface area (TPSA) is 29.5 Å². The first kappa shape index (κ1) is 13.7. The molecule has 0 N–H and O–H groups in total. The van der Waals surface area contributed by atoms with E-state index in [4.69, 9.17) is 16.3 Å². The van der Waals surface area contributed by atoms with Crippen molar-refractivity contribution >= 4 is 28.8 Å². The Bertz CT molecular complexity index is 405. The first-order chi connectivity index (χ1) is 8.76. The lowest BCUT2D eigenvalue weighted by atomic mass is 9.95. The van der Waals surface area contributed by atoms with Crippen molar-refractivity contribution in [2.75, 3.05) is 26.1 Å². The van der Waals surface area contributed by atoms with E-state index in [1.807, 2.05) is 16.3 Å². The van der Waals surface area contributed by atoms with Crippen molar-refractivity contribution < 1.29 is 9.53 Å². The molecular formula is C13H18ClNO2S. The number of halogens is 1. The van der Waals surface area contributed by atoms with Gasteiger partial charge >= 0.3 is 0 Å². The predicted octanol–water partition coefficient (Wildman–Crippen LogP) is 3.24. The van der Waals surface area contributed by atoms with Gasteiger partial charge in [0.25, 0.3) is 5.91 Å². The van der Waals surface area contributed by atoms with Crippen LogP contribution < -0.4 is 4.74 Å². The number of ether oxygens (including phenoxy) is 1. The highest BCUT2D eigenvalue weighted by atomic mass is 35.5. The van der Waals surface area contributed by atoms with Gasteiger partial charge in [0.2, 0.25) is 0 Å². The number of piperidine rings is 1. The SMILES string of the molecule is COc1ccsc1C(=O)N1CCCC(CCCl)C1. The van der Waals surface area contributed by atoms with Gasteiger partial charge in [0.15, 0.2) is 0 Å². The number of carbonyl (C=O) groups excluding carboxylic acids is 1. The van der Waals surface area contributed by atoms with E-state index in [-0.39, 0.29) is 5.91 Å². The summed E-state index contributed by atoms with van der Waals surface area (Å²) in [5.74, 6) is 2.01. The molecule has 1 aromatic heterocycles. The monoisotopic (exact) mass is 287 g/mol. The standard InChI is InChI=1S/C13H18ClNO2S/c1-17-11-5-8-18-12(11)13(16)15-7-2-3-10(9-15)4-6-14/h5,8,10H,2-4,6-7,9H2,1H3. The smallest absolute Gasteiger partial charge is 0.267 e. The molecule has 1 aliphatic heterocycles. The number of rotatable bonds is 4. The molecule has 0 aromatic carbocycles.